The Labute approximate surface area is 119 Å². The summed E-state index contributed by atoms with van der Waals surface area (Å²) in [7, 11) is 0. The molecule has 0 aromatic carbocycles. The number of nitrogens with one attached hydrogen (secondary N) is 1. The molecule has 0 unspecified atom stereocenters. The van der Waals surface area contributed by atoms with Crippen LogP contribution in [0, 0.1) is 6.92 Å². The highest BCUT2D eigenvalue weighted by molar-refractivity contribution is 7.10. The second-order valence-electron chi connectivity index (χ2n) is 4.15. The second-order valence-corrected chi connectivity index (χ2v) is 4.92. The molecule has 108 valence electrons. The largest absolute Gasteiger partial charge is 0.462 e. The lowest BCUT2D eigenvalue weighted by Gasteiger charge is -2.18. The molecule has 0 amide bonds. The highest BCUT2D eigenvalue weighted by Gasteiger charge is 2.19. The molecule has 0 atom stereocenters. The summed E-state index contributed by atoms with van der Waals surface area (Å²) in [5.41, 5.74) is 1.31. The number of esters is 1. The third-order valence-electron chi connectivity index (χ3n) is 2.95. The van der Waals surface area contributed by atoms with Crippen LogP contribution in [0.25, 0.3) is 0 Å². The van der Waals surface area contributed by atoms with Crippen LogP contribution in [0.4, 0.5) is 5.00 Å². The molecule has 0 aliphatic rings. The first-order valence-corrected chi connectivity index (χ1v) is 7.50. The number of aromatic nitrogens is 1. The minimum absolute atomic E-state index is 0.293. The first-order valence-electron chi connectivity index (χ1n) is 6.73. The maximum atomic E-state index is 11.9. The van der Waals surface area contributed by atoms with Gasteiger partial charge in [0.1, 0.15) is 10.6 Å². The predicted molar refractivity (Wildman–Crippen MR) is 79.1 cm³/mol. The molecule has 1 rings (SSSR count). The van der Waals surface area contributed by atoms with Crippen molar-refractivity contribution < 1.29 is 9.53 Å². The monoisotopic (exact) mass is 285 g/mol. The molecule has 0 radical (unpaired) electrons. The van der Waals surface area contributed by atoms with Gasteiger partial charge in [0.2, 0.25) is 0 Å². The molecule has 0 saturated heterocycles. The van der Waals surface area contributed by atoms with E-state index in [0.29, 0.717) is 12.2 Å². The van der Waals surface area contributed by atoms with Gasteiger partial charge in [0.15, 0.2) is 0 Å². The average molecular weight is 285 g/mol. The minimum Gasteiger partial charge on any atom is -0.462 e. The van der Waals surface area contributed by atoms with E-state index < -0.39 is 0 Å². The Balaban J connectivity index is 2.61. The summed E-state index contributed by atoms with van der Waals surface area (Å²) < 4.78 is 9.28. The lowest BCUT2D eigenvalue weighted by atomic mass is 10.2. The topological polar surface area (TPSA) is 54.5 Å². The molecule has 19 heavy (non-hydrogen) atoms. The third-order valence-corrected chi connectivity index (χ3v) is 3.85. The van der Waals surface area contributed by atoms with Crippen LogP contribution in [0.5, 0.6) is 0 Å². The van der Waals surface area contributed by atoms with Crippen LogP contribution in [0.1, 0.15) is 36.8 Å². The Hall–Kier alpha value is -1.14. The highest BCUT2D eigenvalue weighted by Crippen LogP contribution is 2.25. The van der Waals surface area contributed by atoms with Gasteiger partial charge in [0.05, 0.1) is 12.3 Å². The van der Waals surface area contributed by atoms with E-state index in [0.717, 1.165) is 36.9 Å². The van der Waals surface area contributed by atoms with Crippen LogP contribution < -0.4 is 5.32 Å². The fourth-order valence-corrected chi connectivity index (χ4v) is 2.61. The van der Waals surface area contributed by atoms with Gasteiger partial charge in [0.25, 0.3) is 0 Å². The van der Waals surface area contributed by atoms with Crippen molar-refractivity contribution in [1.82, 2.24) is 9.27 Å². The number of hydrogen-bond donors (Lipinski definition) is 1. The maximum Gasteiger partial charge on any atom is 0.343 e. The summed E-state index contributed by atoms with van der Waals surface area (Å²) in [5.74, 6) is -0.293. The molecule has 1 aromatic rings. The van der Waals surface area contributed by atoms with E-state index >= 15 is 0 Å². The number of carbonyl (C=O) groups is 1. The van der Waals surface area contributed by atoms with Gasteiger partial charge >= 0.3 is 5.97 Å². The van der Waals surface area contributed by atoms with Crippen LogP contribution in [0.15, 0.2) is 0 Å². The van der Waals surface area contributed by atoms with Crippen molar-refractivity contribution in [1.29, 1.82) is 0 Å². The Morgan fingerprint density at radius 2 is 2.05 bits per heavy atom. The molecule has 5 nitrogen and oxygen atoms in total. The first-order chi connectivity index (χ1) is 9.13. The van der Waals surface area contributed by atoms with Gasteiger partial charge in [-0.2, -0.15) is 4.37 Å². The average Bonchev–Trinajstić information content (AvgIpc) is 2.76. The fourth-order valence-electron chi connectivity index (χ4n) is 1.80. The van der Waals surface area contributed by atoms with Crippen molar-refractivity contribution in [2.24, 2.45) is 0 Å². The summed E-state index contributed by atoms with van der Waals surface area (Å²) >= 11 is 1.32. The zero-order valence-electron chi connectivity index (χ0n) is 12.2. The van der Waals surface area contributed by atoms with Crippen LogP contribution >= 0.6 is 11.5 Å². The first kappa shape index (κ1) is 15.9. The lowest BCUT2D eigenvalue weighted by molar-refractivity contribution is 0.0527. The summed E-state index contributed by atoms with van der Waals surface area (Å²) in [6, 6.07) is 0. The zero-order chi connectivity index (χ0) is 14.3. The van der Waals surface area contributed by atoms with Crippen molar-refractivity contribution >= 4 is 22.5 Å². The molecular weight excluding hydrogens is 262 g/mol. The number of nitrogens with zero attached hydrogens (tertiary/aromatic N) is 2. The van der Waals surface area contributed by atoms with E-state index in [1.807, 2.05) is 6.92 Å². The zero-order valence-corrected chi connectivity index (χ0v) is 13.0. The van der Waals surface area contributed by atoms with Crippen molar-refractivity contribution in [3.63, 3.8) is 0 Å². The minimum atomic E-state index is -0.293. The van der Waals surface area contributed by atoms with Crippen LogP contribution in [0.3, 0.4) is 0 Å². The predicted octanol–water partition coefficient (Wildman–Crippen LogP) is 2.38. The normalized spacial score (nSPS) is 10.8. The summed E-state index contributed by atoms with van der Waals surface area (Å²) in [6.45, 7) is 12.1. The molecule has 1 aromatic heterocycles. The molecule has 1 N–H and O–H groups in total. The number of rotatable bonds is 8. The Bertz CT molecular complexity index is 403. The number of likely N-dealkylation sites (N-methyl/N-ethyl adjacent to an activating group) is 1. The summed E-state index contributed by atoms with van der Waals surface area (Å²) in [5, 5.41) is 4.09. The summed E-state index contributed by atoms with van der Waals surface area (Å²) in [4.78, 5) is 14.2. The molecule has 0 aliphatic carbocycles. The van der Waals surface area contributed by atoms with E-state index in [-0.39, 0.29) is 5.97 Å². The molecule has 0 bridgehead atoms. The number of carbonyl (C=O) groups excluding carboxylic acids is 1. The fraction of sp³-hybridized carbons (Fsp3) is 0.692. The second kappa shape index (κ2) is 8.12. The van der Waals surface area contributed by atoms with E-state index in [2.05, 4.69) is 28.4 Å². The number of anilines is 1. The SMILES string of the molecule is CCOC(=O)c1c(C)nsc1NCCN(CC)CC. The van der Waals surface area contributed by atoms with Crippen molar-refractivity contribution in [3.05, 3.63) is 11.3 Å². The molecule has 1 heterocycles. The molecule has 0 spiro atoms. The number of aryl methyl sites for hydroxylation is 1. The van der Waals surface area contributed by atoms with Crippen LogP contribution in [0.2, 0.25) is 0 Å². The molecule has 0 saturated carbocycles. The van der Waals surface area contributed by atoms with Gasteiger partial charge in [-0.15, -0.1) is 0 Å². The van der Waals surface area contributed by atoms with Crippen molar-refractivity contribution in [2.45, 2.75) is 27.7 Å². The van der Waals surface area contributed by atoms with E-state index in [9.17, 15) is 4.79 Å². The molecule has 6 heteroatoms. The standard InChI is InChI=1S/C13H23N3O2S/c1-5-16(6-2)9-8-14-12-11(10(4)15-19-12)13(17)18-7-3/h14H,5-9H2,1-4H3. The Morgan fingerprint density at radius 1 is 1.37 bits per heavy atom. The molecule has 0 fully saturated rings. The van der Waals surface area contributed by atoms with Crippen molar-refractivity contribution in [2.75, 3.05) is 38.1 Å². The number of hydrogen-bond acceptors (Lipinski definition) is 6. The van der Waals surface area contributed by atoms with Gasteiger partial charge in [-0.3, -0.25) is 0 Å². The summed E-state index contributed by atoms with van der Waals surface area (Å²) in [6.07, 6.45) is 0. The molecule has 0 aliphatic heterocycles. The van der Waals surface area contributed by atoms with Gasteiger partial charge < -0.3 is 15.0 Å². The van der Waals surface area contributed by atoms with Crippen LogP contribution in [-0.2, 0) is 4.74 Å². The van der Waals surface area contributed by atoms with Gasteiger partial charge in [-0.1, -0.05) is 13.8 Å². The quantitative estimate of drug-likeness (QED) is 0.743. The Morgan fingerprint density at radius 3 is 2.63 bits per heavy atom. The van der Waals surface area contributed by atoms with E-state index in [1.54, 1.807) is 6.92 Å². The third kappa shape index (κ3) is 4.47. The Kier molecular flexibility index (Phi) is 6.80. The van der Waals surface area contributed by atoms with E-state index in [4.69, 9.17) is 4.74 Å². The smallest absolute Gasteiger partial charge is 0.343 e. The molecular formula is C13H23N3O2S. The van der Waals surface area contributed by atoms with E-state index in [1.165, 1.54) is 11.5 Å². The van der Waals surface area contributed by atoms with Crippen molar-refractivity contribution in [3.8, 4) is 0 Å². The highest BCUT2D eigenvalue weighted by atomic mass is 32.1. The maximum absolute atomic E-state index is 11.9. The van der Waals surface area contributed by atoms with Gasteiger partial charge in [-0.05, 0) is 38.5 Å². The van der Waals surface area contributed by atoms with Gasteiger partial charge in [-0.25, -0.2) is 4.79 Å². The lowest BCUT2D eigenvalue weighted by Crippen LogP contribution is -2.28. The number of ether oxygens (including phenoxy) is 1. The van der Waals surface area contributed by atoms with Crippen LogP contribution in [-0.4, -0.2) is 48.0 Å². The van der Waals surface area contributed by atoms with Gasteiger partial charge in [0, 0.05) is 13.1 Å².